The average molecular weight is 392 g/mol. The van der Waals surface area contributed by atoms with Crippen molar-refractivity contribution in [2.75, 3.05) is 39.6 Å². The van der Waals surface area contributed by atoms with E-state index in [1.165, 1.54) is 13.0 Å². The summed E-state index contributed by atoms with van der Waals surface area (Å²) in [5.41, 5.74) is 1.51. The first kappa shape index (κ1) is 21.8. The van der Waals surface area contributed by atoms with Gasteiger partial charge in [0.2, 0.25) is 0 Å². The van der Waals surface area contributed by atoms with Crippen molar-refractivity contribution >= 4 is 5.97 Å². The number of carboxylic acids is 1. The SMILES string of the molecule is C[C@@H](C(=O)O)c1ccc(-c2ccc(OCCOCCOCCO)cc2)c(F)c1. The molecule has 2 aromatic carbocycles. The summed E-state index contributed by atoms with van der Waals surface area (Å²) < 4.78 is 30.4. The van der Waals surface area contributed by atoms with Crippen molar-refractivity contribution in [3.05, 3.63) is 53.8 Å². The molecule has 0 saturated heterocycles. The Hall–Kier alpha value is -2.48. The van der Waals surface area contributed by atoms with Crippen LogP contribution < -0.4 is 4.74 Å². The van der Waals surface area contributed by atoms with Crippen LogP contribution in [0.25, 0.3) is 11.1 Å². The molecule has 0 aliphatic heterocycles. The van der Waals surface area contributed by atoms with Crippen molar-refractivity contribution in [3.63, 3.8) is 0 Å². The standard InChI is InChI=1S/C21H25FO6/c1-15(21(24)25)17-4-7-19(20(22)14-17)16-2-5-18(6-3-16)28-13-12-27-11-10-26-9-8-23/h2-7,14-15,23H,8-13H2,1H3,(H,24,25)/t15-/m1/s1. The molecular weight excluding hydrogens is 367 g/mol. The molecule has 2 rings (SSSR count). The molecule has 0 saturated carbocycles. The number of hydrogen-bond donors (Lipinski definition) is 2. The van der Waals surface area contributed by atoms with Gasteiger partial charge in [-0.2, -0.15) is 0 Å². The highest BCUT2D eigenvalue weighted by atomic mass is 19.1. The summed E-state index contributed by atoms with van der Waals surface area (Å²) >= 11 is 0. The predicted octanol–water partition coefficient (Wildman–Crippen LogP) is 3.09. The lowest BCUT2D eigenvalue weighted by Crippen LogP contribution is -2.11. The predicted molar refractivity (Wildman–Crippen MR) is 102 cm³/mol. The minimum absolute atomic E-state index is 0.00535. The normalized spacial score (nSPS) is 12.0. The number of aliphatic hydroxyl groups is 1. The molecule has 0 aliphatic carbocycles. The van der Waals surface area contributed by atoms with Crippen LogP contribution in [0.5, 0.6) is 5.75 Å². The van der Waals surface area contributed by atoms with Crippen molar-refractivity contribution in [1.82, 2.24) is 0 Å². The zero-order valence-corrected chi connectivity index (χ0v) is 15.8. The molecule has 0 radical (unpaired) electrons. The van der Waals surface area contributed by atoms with Gasteiger partial charge in [-0.25, -0.2) is 4.39 Å². The van der Waals surface area contributed by atoms with E-state index in [0.717, 1.165) is 0 Å². The van der Waals surface area contributed by atoms with Gasteiger partial charge >= 0.3 is 5.97 Å². The Labute approximate surface area is 163 Å². The molecule has 0 heterocycles. The molecule has 0 fully saturated rings. The zero-order valence-electron chi connectivity index (χ0n) is 15.8. The summed E-state index contributed by atoms with van der Waals surface area (Å²) in [6.45, 7) is 3.44. The first-order valence-electron chi connectivity index (χ1n) is 9.04. The van der Waals surface area contributed by atoms with Crippen LogP contribution in [0.2, 0.25) is 0 Å². The van der Waals surface area contributed by atoms with Gasteiger partial charge < -0.3 is 24.4 Å². The highest BCUT2D eigenvalue weighted by Crippen LogP contribution is 2.28. The van der Waals surface area contributed by atoms with Gasteiger partial charge in [0.25, 0.3) is 0 Å². The molecule has 0 bridgehead atoms. The number of carbonyl (C=O) groups is 1. The van der Waals surface area contributed by atoms with Gasteiger partial charge in [-0.1, -0.05) is 24.3 Å². The number of aliphatic hydroxyl groups excluding tert-OH is 1. The van der Waals surface area contributed by atoms with Gasteiger partial charge in [0.05, 0.1) is 39.0 Å². The monoisotopic (exact) mass is 392 g/mol. The highest BCUT2D eigenvalue weighted by molar-refractivity contribution is 5.76. The molecule has 28 heavy (non-hydrogen) atoms. The van der Waals surface area contributed by atoms with E-state index in [1.807, 2.05) is 0 Å². The second-order valence-corrected chi connectivity index (χ2v) is 6.12. The zero-order chi connectivity index (χ0) is 20.4. The van der Waals surface area contributed by atoms with Gasteiger partial charge in [0.15, 0.2) is 0 Å². The molecule has 1 atom stereocenters. The van der Waals surface area contributed by atoms with E-state index in [4.69, 9.17) is 24.4 Å². The molecule has 2 aromatic rings. The molecule has 2 N–H and O–H groups in total. The Balaban J connectivity index is 1.84. The second kappa shape index (κ2) is 11.4. The van der Waals surface area contributed by atoms with Crippen LogP contribution in [-0.4, -0.2) is 55.8 Å². The minimum atomic E-state index is -0.990. The van der Waals surface area contributed by atoms with Crippen LogP contribution in [0.1, 0.15) is 18.4 Å². The van der Waals surface area contributed by atoms with E-state index in [1.54, 1.807) is 36.4 Å². The molecule has 0 amide bonds. The lowest BCUT2D eigenvalue weighted by Gasteiger charge is -2.11. The fourth-order valence-electron chi connectivity index (χ4n) is 2.51. The van der Waals surface area contributed by atoms with Crippen LogP contribution in [0.4, 0.5) is 4.39 Å². The molecule has 7 heteroatoms. The number of carboxylic acid groups (broad SMARTS) is 1. The number of aliphatic carboxylic acids is 1. The van der Waals surface area contributed by atoms with Crippen molar-refractivity contribution in [2.24, 2.45) is 0 Å². The number of ether oxygens (including phenoxy) is 3. The lowest BCUT2D eigenvalue weighted by molar-refractivity contribution is -0.138. The third kappa shape index (κ3) is 6.60. The van der Waals surface area contributed by atoms with Gasteiger partial charge in [0, 0.05) is 5.56 Å². The van der Waals surface area contributed by atoms with Crippen molar-refractivity contribution in [3.8, 4) is 16.9 Å². The van der Waals surface area contributed by atoms with Crippen LogP contribution in [0, 0.1) is 5.82 Å². The Kier molecular flexibility index (Phi) is 8.87. The Morgan fingerprint density at radius 3 is 2.25 bits per heavy atom. The summed E-state index contributed by atoms with van der Waals surface area (Å²) in [5.74, 6) is -1.57. The summed E-state index contributed by atoms with van der Waals surface area (Å²) in [4.78, 5) is 11.0. The smallest absolute Gasteiger partial charge is 0.310 e. The lowest BCUT2D eigenvalue weighted by atomic mass is 9.97. The first-order chi connectivity index (χ1) is 13.5. The largest absolute Gasteiger partial charge is 0.491 e. The van der Waals surface area contributed by atoms with Crippen LogP contribution in [0.3, 0.4) is 0 Å². The molecule has 0 unspecified atom stereocenters. The number of hydrogen-bond acceptors (Lipinski definition) is 5. The second-order valence-electron chi connectivity index (χ2n) is 6.12. The van der Waals surface area contributed by atoms with E-state index in [-0.39, 0.29) is 6.61 Å². The maximum Gasteiger partial charge on any atom is 0.310 e. The van der Waals surface area contributed by atoms with Crippen LogP contribution in [0.15, 0.2) is 42.5 Å². The van der Waals surface area contributed by atoms with E-state index in [9.17, 15) is 9.18 Å². The molecule has 0 spiro atoms. The quantitative estimate of drug-likeness (QED) is 0.540. The Bertz CT molecular complexity index is 747. The number of rotatable bonds is 12. The van der Waals surface area contributed by atoms with Crippen molar-refractivity contribution < 1.29 is 33.6 Å². The van der Waals surface area contributed by atoms with Gasteiger partial charge in [-0.15, -0.1) is 0 Å². The topological polar surface area (TPSA) is 85.2 Å². The van der Waals surface area contributed by atoms with Gasteiger partial charge in [-0.05, 0) is 36.2 Å². The fourth-order valence-corrected chi connectivity index (χ4v) is 2.51. The van der Waals surface area contributed by atoms with E-state index >= 15 is 0 Å². The number of benzene rings is 2. The fraction of sp³-hybridized carbons (Fsp3) is 0.381. The maximum atomic E-state index is 14.4. The molecule has 152 valence electrons. The molecule has 0 aliphatic rings. The van der Waals surface area contributed by atoms with Crippen LogP contribution >= 0.6 is 0 Å². The first-order valence-corrected chi connectivity index (χ1v) is 9.04. The van der Waals surface area contributed by atoms with Crippen LogP contribution in [-0.2, 0) is 14.3 Å². The van der Waals surface area contributed by atoms with E-state index in [0.29, 0.717) is 55.5 Å². The van der Waals surface area contributed by atoms with Gasteiger partial charge in [-0.3, -0.25) is 4.79 Å². The van der Waals surface area contributed by atoms with Crippen molar-refractivity contribution in [2.45, 2.75) is 12.8 Å². The number of halogens is 1. The maximum absolute atomic E-state index is 14.4. The third-order valence-corrected chi connectivity index (χ3v) is 4.13. The van der Waals surface area contributed by atoms with Gasteiger partial charge in [0.1, 0.15) is 18.2 Å². The third-order valence-electron chi connectivity index (χ3n) is 4.13. The Morgan fingerprint density at radius 1 is 1.00 bits per heavy atom. The average Bonchev–Trinajstić information content (AvgIpc) is 2.70. The molecule has 0 aromatic heterocycles. The van der Waals surface area contributed by atoms with Crippen molar-refractivity contribution in [1.29, 1.82) is 0 Å². The molecule has 6 nitrogen and oxygen atoms in total. The summed E-state index contributed by atoms with van der Waals surface area (Å²) in [5, 5.41) is 17.6. The Morgan fingerprint density at radius 2 is 1.64 bits per heavy atom. The van der Waals surface area contributed by atoms with E-state index in [2.05, 4.69) is 0 Å². The molecular formula is C21H25FO6. The summed E-state index contributed by atoms with van der Waals surface area (Å²) in [6, 6.07) is 11.5. The highest BCUT2D eigenvalue weighted by Gasteiger charge is 2.16. The summed E-state index contributed by atoms with van der Waals surface area (Å²) in [6.07, 6.45) is 0. The minimum Gasteiger partial charge on any atom is -0.491 e. The van der Waals surface area contributed by atoms with E-state index < -0.39 is 17.7 Å². The summed E-state index contributed by atoms with van der Waals surface area (Å²) in [7, 11) is 0.